The summed E-state index contributed by atoms with van der Waals surface area (Å²) in [6.07, 6.45) is 0.762. The molecule has 2 aromatic carbocycles. The summed E-state index contributed by atoms with van der Waals surface area (Å²) >= 11 is 6.35. The Morgan fingerprint density at radius 3 is 2.55 bits per heavy atom. The summed E-state index contributed by atoms with van der Waals surface area (Å²) in [6, 6.07) is 15.9. The minimum atomic E-state index is 0. The lowest BCUT2D eigenvalue weighted by Gasteiger charge is -2.13. The summed E-state index contributed by atoms with van der Waals surface area (Å²) < 4.78 is 7.17. The van der Waals surface area contributed by atoms with Crippen LogP contribution >= 0.6 is 35.6 Å². The molecule has 1 aromatic heterocycles. The molecule has 7 nitrogen and oxygen atoms in total. The molecule has 0 atom stereocenters. The second kappa shape index (κ2) is 12.5. The first-order valence-electron chi connectivity index (χ1n) is 9.80. The van der Waals surface area contributed by atoms with E-state index >= 15 is 0 Å². The Hall–Kier alpha value is -2.33. The van der Waals surface area contributed by atoms with E-state index in [1.807, 2.05) is 54.9 Å². The van der Waals surface area contributed by atoms with Crippen molar-refractivity contribution in [3.05, 3.63) is 76.3 Å². The standard InChI is InChI=1S/C22H27ClN6O.HI/c1-16-27-28-21(29(16)2)15-26-22(25-14-17-7-5-4-6-8-17)24-12-11-18-9-10-19(30-3)13-20(18)23;/h4-10,13H,11-12,14-15H2,1-3H3,(H2,24,25,26);1H. The number of rotatable bonds is 8. The lowest BCUT2D eigenvalue weighted by molar-refractivity contribution is 0.414. The normalized spacial score (nSPS) is 11.0. The highest BCUT2D eigenvalue weighted by atomic mass is 127. The number of hydrogen-bond donors (Lipinski definition) is 2. The van der Waals surface area contributed by atoms with Crippen molar-refractivity contribution in [3.63, 3.8) is 0 Å². The zero-order valence-electron chi connectivity index (χ0n) is 17.9. The first-order valence-corrected chi connectivity index (χ1v) is 10.2. The summed E-state index contributed by atoms with van der Waals surface area (Å²) in [5, 5.41) is 15.7. The fourth-order valence-corrected chi connectivity index (χ4v) is 3.13. The Bertz CT molecular complexity index is 993. The monoisotopic (exact) mass is 554 g/mol. The molecular weight excluding hydrogens is 527 g/mol. The molecule has 3 rings (SSSR count). The van der Waals surface area contributed by atoms with Gasteiger partial charge < -0.3 is 19.9 Å². The number of aryl methyl sites for hydroxylation is 1. The quantitative estimate of drug-likeness (QED) is 0.251. The van der Waals surface area contributed by atoms with Crippen molar-refractivity contribution in [2.45, 2.75) is 26.4 Å². The maximum absolute atomic E-state index is 6.35. The lowest BCUT2D eigenvalue weighted by Crippen LogP contribution is -2.38. The average molecular weight is 555 g/mol. The predicted octanol–water partition coefficient (Wildman–Crippen LogP) is 3.88. The number of aliphatic imine (C=N–C) groups is 1. The SMILES string of the molecule is COc1ccc(CCNC(=NCc2ccccc2)NCc2nnc(C)n2C)c(Cl)c1.I. The molecule has 0 spiro atoms. The van der Waals surface area contributed by atoms with Crippen LogP contribution in [0.5, 0.6) is 5.75 Å². The molecule has 1 heterocycles. The third-order valence-electron chi connectivity index (χ3n) is 4.81. The maximum Gasteiger partial charge on any atom is 0.191 e. The van der Waals surface area contributed by atoms with Crippen LogP contribution in [0.3, 0.4) is 0 Å². The minimum Gasteiger partial charge on any atom is -0.497 e. The Kier molecular flexibility index (Phi) is 10.1. The van der Waals surface area contributed by atoms with Gasteiger partial charge >= 0.3 is 0 Å². The van der Waals surface area contributed by atoms with Crippen LogP contribution in [0.2, 0.25) is 5.02 Å². The summed E-state index contributed by atoms with van der Waals surface area (Å²) in [5.74, 6) is 3.18. The molecule has 0 aliphatic heterocycles. The number of aromatic nitrogens is 3. The van der Waals surface area contributed by atoms with Crippen molar-refractivity contribution in [1.82, 2.24) is 25.4 Å². The first kappa shape index (κ1) is 24.9. The van der Waals surface area contributed by atoms with Gasteiger partial charge in [-0.05, 0) is 36.6 Å². The largest absolute Gasteiger partial charge is 0.497 e. The molecule has 0 aliphatic carbocycles. The third-order valence-corrected chi connectivity index (χ3v) is 5.16. The molecule has 0 unspecified atom stereocenters. The fourth-order valence-electron chi connectivity index (χ4n) is 2.87. The Morgan fingerprint density at radius 2 is 1.90 bits per heavy atom. The Morgan fingerprint density at radius 1 is 1.13 bits per heavy atom. The topological polar surface area (TPSA) is 76.4 Å². The van der Waals surface area contributed by atoms with Crippen molar-refractivity contribution in [1.29, 1.82) is 0 Å². The van der Waals surface area contributed by atoms with Gasteiger partial charge in [0.05, 0.1) is 20.2 Å². The van der Waals surface area contributed by atoms with E-state index in [1.54, 1.807) is 7.11 Å². The first-order chi connectivity index (χ1) is 14.6. The maximum atomic E-state index is 6.35. The number of ether oxygens (including phenoxy) is 1. The molecule has 0 radical (unpaired) electrons. The number of guanidine groups is 1. The van der Waals surface area contributed by atoms with Crippen LogP contribution < -0.4 is 15.4 Å². The highest BCUT2D eigenvalue weighted by Gasteiger charge is 2.07. The van der Waals surface area contributed by atoms with Gasteiger partial charge in [0.2, 0.25) is 0 Å². The van der Waals surface area contributed by atoms with Crippen LogP contribution in [0.1, 0.15) is 22.8 Å². The van der Waals surface area contributed by atoms with Gasteiger partial charge in [-0.2, -0.15) is 0 Å². The molecule has 0 aliphatic rings. The molecule has 0 saturated heterocycles. The number of methoxy groups -OCH3 is 1. The summed E-state index contributed by atoms with van der Waals surface area (Å²) in [4.78, 5) is 4.71. The van der Waals surface area contributed by atoms with E-state index in [2.05, 4.69) is 33.0 Å². The van der Waals surface area contributed by atoms with E-state index in [4.69, 9.17) is 21.3 Å². The van der Waals surface area contributed by atoms with E-state index in [0.717, 1.165) is 34.9 Å². The number of halogens is 2. The lowest BCUT2D eigenvalue weighted by atomic mass is 10.1. The van der Waals surface area contributed by atoms with Gasteiger partial charge in [-0.25, -0.2) is 4.99 Å². The molecular formula is C22H28ClIN6O. The molecule has 9 heteroatoms. The van der Waals surface area contributed by atoms with E-state index in [-0.39, 0.29) is 24.0 Å². The molecule has 166 valence electrons. The minimum absolute atomic E-state index is 0. The van der Waals surface area contributed by atoms with E-state index in [0.29, 0.717) is 30.6 Å². The zero-order chi connectivity index (χ0) is 21.3. The van der Waals surface area contributed by atoms with Crippen molar-refractivity contribution >= 4 is 41.5 Å². The van der Waals surface area contributed by atoms with Gasteiger partial charge in [0, 0.05) is 18.6 Å². The molecule has 0 bridgehead atoms. The molecule has 31 heavy (non-hydrogen) atoms. The van der Waals surface area contributed by atoms with Crippen LogP contribution in [0.4, 0.5) is 0 Å². The van der Waals surface area contributed by atoms with Crippen LogP contribution in [0.15, 0.2) is 53.5 Å². The van der Waals surface area contributed by atoms with Gasteiger partial charge in [-0.1, -0.05) is 48.0 Å². The fraction of sp³-hybridized carbons (Fsp3) is 0.318. The smallest absolute Gasteiger partial charge is 0.191 e. The third kappa shape index (κ3) is 7.39. The van der Waals surface area contributed by atoms with E-state index < -0.39 is 0 Å². The van der Waals surface area contributed by atoms with Crippen LogP contribution in [-0.2, 0) is 26.6 Å². The van der Waals surface area contributed by atoms with E-state index in [1.165, 1.54) is 0 Å². The summed E-state index contributed by atoms with van der Waals surface area (Å²) in [5.41, 5.74) is 2.20. The van der Waals surface area contributed by atoms with Gasteiger partial charge in [-0.15, -0.1) is 34.2 Å². The molecule has 2 N–H and O–H groups in total. The average Bonchev–Trinajstić information content (AvgIpc) is 3.09. The molecule has 0 amide bonds. The zero-order valence-corrected chi connectivity index (χ0v) is 21.0. The second-order valence-electron chi connectivity index (χ2n) is 6.86. The predicted molar refractivity (Wildman–Crippen MR) is 135 cm³/mol. The van der Waals surface area contributed by atoms with Gasteiger partial charge in [0.1, 0.15) is 11.6 Å². The van der Waals surface area contributed by atoms with Crippen molar-refractivity contribution in [2.24, 2.45) is 12.0 Å². The van der Waals surface area contributed by atoms with Crippen molar-refractivity contribution < 1.29 is 4.74 Å². The van der Waals surface area contributed by atoms with Crippen molar-refractivity contribution in [3.8, 4) is 5.75 Å². The highest BCUT2D eigenvalue weighted by Crippen LogP contribution is 2.22. The van der Waals surface area contributed by atoms with Gasteiger partial charge in [0.15, 0.2) is 11.8 Å². The second-order valence-corrected chi connectivity index (χ2v) is 7.27. The molecule has 0 fully saturated rings. The number of hydrogen-bond acceptors (Lipinski definition) is 4. The van der Waals surface area contributed by atoms with Gasteiger partial charge in [-0.3, -0.25) is 0 Å². The number of nitrogens with one attached hydrogen (secondary N) is 2. The molecule has 0 saturated carbocycles. The Balaban J connectivity index is 0.00000341. The Labute approximate surface area is 205 Å². The number of nitrogens with zero attached hydrogens (tertiary/aromatic N) is 4. The van der Waals surface area contributed by atoms with E-state index in [9.17, 15) is 0 Å². The highest BCUT2D eigenvalue weighted by molar-refractivity contribution is 14.0. The van der Waals surface area contributed by atoms with Gasteiger partial charge in [0.25, 0.3) is 0 Å². The summed E-state index contributed by atoms with van der Waals surface area (Å²) in [6.45, 7) is 3.72. The van der Waals surface area contributed by atoms with Crippen LogP contribution in [-0.4, -0.2) is 34.4 Å². The summed E-state index contributed by atoms with van der Waals surface area (Å²) in [7, 11) is 3.58. The van der Waals surface area contributed by atoms with Crippen LogP contribution in [0.25, 0.3) is 0 Å². The number of benzene rings is 2. The molecule has 3 aromatic rings. The van der Waals surface area contributed by atoms with Crippen LogP contribution in [0, 0.1) is 6.92 Å². The van der Waals surface area contributed by atoms with Crippen molar-refractivity contribution in [2.75, 3.05) is 13.7 Å².